The molecule has 1 atom stereocenters. The van der Waals surface area contributed by atoms with Gasteiger partial charge in [-0.05, 0) is 35.8 Å². The zero-order valence-corrected chi connectivity index (χ0v) is 19.4. The number of anilines is 3. The molecule has 3 aromatic rings. The van der Waals surface area contributed by atoms with Gasteiger partial charge >= 0.3 is 0 Å². The van der Waals surface area contributed by atoms with Crippen molar-refractivity contribution in [1.82, 2.24) is 13.1 Å². The molecule has 11 heteroatoms. The Kier molecular flexibility index (Phi) is 6.50. The Balaban J connectivity index is 1.43. The molecule has 3 N–H and O–H groups in total. The average molecular weight is 470 g/mol. The highest BCUT2D eigenvalue weighted by molar-refractivity contribution is 7.85. The van der Waals surface area contributed by atoms with Crippen LogP contribution in [0.2, 0.25) is 0 Å². The molecule has 0 saturated carbocycles. The summed E-state index contributed by atoms with van der Waals surface area (Å²) < 4.78 is 23.7. The van der Waals surface area contributed by atoms with E-state index in [9.17, 15) is 9.32 Å². The number of hydrogen-bond donors (Lipinski definition) is 3. The number of rotatable bonds is 8. The van der Waals surface area contributed by atoms with Crippen molar-refractivity contribution < 1.29 is 9.32 Å². The fourth-order valence-electron chi connectivity index (χ4n) is 3.00. The lowest BCUT2D eigenvalue weighted by molar-refractivity contribution is 0.464. The second kappa shape index (κ2) is 9.09. The summed E-state index contributed by atoms with van der Waals surface area (Å²) in [4.78, 5) is 1.23. The predicted molar refractivity (Wildman–Crippen MR) is 122 cm³/mol. The molecule has 29 heavy (non-hydrogen) atoms. The van der Waals surface area contributed by atoms with Crippen molar-refractivity contribution in [2.24, 2.45) is 0 Å². The van der Waals surface area contributed by atoms with E-state index in [4.69, 9.17) is 0 Å². The van der Waals surface area contributed by atoms with Crippen LogP contribution in [0.15, 0.2) is 21.0 Å². The van der Waals surface area contributed by atoms with Crippen LogP contribution in [-0.2, 0) is 17.5 Å². The van der Waals surface area contributed by atoms with Crippen molar-refractivity contribution in [1.29, 1.82) is 0 Å². The first-order chi connectivity index (χ1) is 14.0. The Hall–Kier alpha value is -1.53. The second-order valence-electron chi connectivity index (χ2n) is 7.11. The summed E-state index contributed by atoms with van der Waals surface area (Å²) in [6.45, 7) is 6.64. The molecular formula is C18H23N5O2S4. The minimum absolute atomic E-state index is 0.0269. The summed E-state index contributed by atoms with van der Waals surface area (Å²) in [6, 6.07) is 2.21. The fourth-order valence-corrected chi connectivity index (χ4v) is 6.98. The van der Waals surface area contributed by atoms with E-state index in [1.165, 1.54) is 21.8 Å². The Labute approximate surface area is 184 Å². The van der Waals surface area contributed by atoms with Gasteiger partial charge in [0, 0.05) is 23.3 Å². The van der Waals surface area contributed by atoms with Crippen molar-refractivity contribution >= 4 is 62.7 Å². The van der Waals surface area contributed by atoms with Crippen LogP contribution in [0, 0.1) is 0 Å². The quantitative estimate of drug-likeness (QED) is 0.432. The first-order valence-corrected chi connectivity index (χ1v) is 13.0. The van der Waals surface area contributed by atoms with Gasteiger partial charge in [0.1, 0.15) is 11.0 Å². The van der Waals surface area contributed by atoms with E-state index in [2.05, 4.69) is 44.7 Å². The van der Waals surface area contributed by atoms with Crippen molar-refractivity contribution in [3.05, 3.63) is 27.3 Å². The van der Waals surface area contributed by atoms with Gasteiger partial charge in [-0.25, -0.2) is 8.51 Å². The summed E-state index contributed by atoms with van der Waals surface area (Å²) in [6.07, 6.45) is 2.09. The normalized spacial score (nSPS) is 15.8. The van der Waals surface area contributed by atoms with E-state index in [1.54, 1.807) is 16.7 Å². The Bertz CT molecular complexity index is 990. The van der Waals surface area contributed by atoms with Crippen molar-refractivity contribution in [2.75, 3.05) is 23.7 Å². The number of nitrogens with one attached hydrogen (secondary N) is 2. The molecule has 7 nitrogen and oxygen atoms in total. The van der Waals surface area contributed by atoms with E-state index in [0.717, 1.165) is 37.7 Å². The molecule has 1 unspecified atom stereocenters. The summed E-state index contributed by atoms with van der Waals surface area (Å²) in [5.74, 6) is 1.74. The Morgan fingerprint density at radius 3 is 2.69 bits per heavy atom. The van der Waals surface area contributed by atoms with Crippen LogP contribution in [-0.4, -0.2) is 35.5 Å². The zero-order valence-electron chi connectivity index (χ0n) is 16.2. The minimum Gasteiger partial charge on any atom is -0.504 e. The molecule has 0 bridgehead atoms. The zero-order chi connectivity index (χ0) is 20.4. The van der Waals surface area contributed by atoms with Gasteiger partial charge in [-0.1, -0.05) is 13.8 Å². The molecule has 0 amide bonds. The van der Waals surface area contributed by atoms with E-state index in [1.807, 2.05) is 4.31 Å². The second-order valence-corrected chi connectivity index (χ2v) is 11.2. The molecular weight excluding hydrogens is 446 g/mol. The SMILES string of the molecule is CC(C)c1csc(CNc2nsnc2Nc2csc(S(=O)N3CCCC3)c2O)c1. The van der Waals surface area contributed by atoms with Gasteiger partial charge in [0.2, 0.25) is 0 Å². The maximum absolute atomic E-state index is 12.7. The number of aromatic hydroxyl groups is 1. The van der Waals surface area contributed by atoms with E-state index in [0.29, 0.717) is 34.0 Å². The molecule has 4 heterocycles. The van der Waals surface area contributed by atoms with Gasteiger partial charge in [0.25, 0.3) is 0 Å². The molecule has 3 aromatic heterocycles. The monoisotopic (exact) mass is 469 g/mol. The maximum Gasteiger partial charge on any atom is 0.188 e. The summed E-state index contributed by atoms with van der Waals surface area (Å²) in [7, 11) is -1.32. The molecule has 156 valence electrons. The lowest BCUT2D eigenvalue weighted by atomic mass is 10.1. The van der Waals surface area contributed by atoms with Crippen LogP contribution in [0.5, 0.6) is 5.75 Å². The van der Waals surface area contributed by atoms with Crippen molar-refractivity contribution in [3.8, 4) is 5.75 Å². The lowest BCUT2D eigenvalue weighted by Crippen LogP contribution is -2.21. The largest absolute Gasteiger partial charge is 0.504 e. The number of nitrogens with zero attached hydrogens (tertiary/aromatic N) is 3. The van der Waals surface area contributed by atoms with Crippen LogP contribution < -0.4 is 10.6 Å². The number of thiophene rings is 2. The molecule has 1 aliphatic rings. The van der Waals surface area contributed by atoms with Gasteiger partial charge in [0.05, 0.1) is 24.0 Å². The molecule has 1 fully saturated rings. The van der Waals surface area contributed by atoms with E-state index < -0.39 is 11.0 Å². The fraction of sp³-hybridized carbons (Fsp3) is 0.444. The maximum atomic E-state index is 12.7. The van der Waals surface area contributed by atoms with E-state index in [-0.39, 0.29) is 5.75 Å². The van der Waals surface area contributed by atoms with Gasteiger partial charge in [-0.2, -0.15) is 8.75 Å². The van der Waals surface area contributed by atoms with Crippen LogP contribution in [0.1, 0.15) is 43.0 Å². The molecule has 0 aromatic carbocycles. The van der Waals surface area contributed by atoms with Crippen molar-refractivity contribution in [2.45, 2.75) is 43.4 Å². The van der Waals surface area contributed by atoms with Gasteiger partial charge < -0.3 is 15.7 Å². The first kappa shape index (κ1) is 20.7. The number of aromatic nitrogens is 2. The highest BCUT2D eigenvalue weighted by Gasteiger charge is 2.25. The van der Waals surface area contributed by atoms with Crippen molar-refractivity contribution in [3.63, 3.8) is 0 Å². The standard InChI is InChI=1S/C18H23N5O2S4/c1-11(2)12-7-13(26-9-12)8-19-16-17(22-28-21-16)20-14-10-27-18(15(14)24)29(25)23-5-3-4-6-23/h7,9-11,24H,3-6,8H2,1-2H3,(H,19,21)(H,20,22). The molecule has 1 aliphatic heterocycles. The third kappa shape index (κ3) is 4.64. The third-order valence-corrected chi connectivity index (χ3v) is 9.01. The molecule has 4 rings (SSSR count). The predicted octanol–water partition coefficient (Wildman–Crippen LogP) is 4.96. The first-order valence-electron chi connectivity index (χ1n) is 9.41. The lowest BCUT2D eigenvalue weighted by Gasteiger charge is -2.12. The van der Waals surface area contributed by atoms with Crippen LogP contribution >= 0.6 is 34.4 Å². The summed E-state index contributed by atoms with van der Waals surface area (Å²) in [5.41, 5.74) is 1.84. The Morgan fingerprint density at radius 1 is 1.21 bits per heavy atom. The minimum atomic E-state index is -1.32. The van der Waals surface area contributed by atoms with Gasteiger partial charge in [0.15, 0.2) is 21.6 Å². The molecule has 0 spiro atoms. The highest BCUT2D eigenvalue weighted by atomic mass is 32.2. The van der Waals surface area contributed by atoms with Crippen LogP contribution in [0.4, 0.5) is 17.3 Å². The Morgan fingerprint density at radius 2 is 1.97 bits per heavy atom. The van der Waals surface area contributed by atoms with Crippen LogP contribution in [0.3, 0.4) is 0 Å². The third-order valence-electron chi connectivity index (χ3n) is 4.70. The molecule has 0 aliphatic carbocycles. The summed E-state index contributed by atoms with van der Waals surface area (Å²) >= 11 is 4.12. The molecule has 0 radical (unpaired) electrons. The van der Waals surface area contributed by atoms with Gasteiger partial charge in [-0.15, -0.1) is 22.7 Å². The molecule has 1 saturated heterocycles. The van der Waals surface area contributed by atoms with Crippen LogP contribution in [0.25, 0.3) is 0 Å². The topological polar surface area (TPSA) is 90.4 Å². The van der Waals surface area contributed by atoms with E-state index >= 15 is 0 Å². The average Bonchev–Trinajstić information content (AvgIpc) is 3.49. The highest BCUT2D eigenvalue weighted by Crippen LogP contribution is 2.40. The smallest absolute Gasteiger partial charge is 0.188 e. The number of hydrogen-bond acceptors (Lipinski definition) is 9. The summed E-state index contributed by atoms with van der Waals surface area (Å²) in [5, 5.41) is 21.0. The van der Waals surface area contributed by atoms with Gasteiger partial charge in [-0.3, -0.25) is 0 Å².